The number of furan rings is 1. The molecule has 0 aliphatic rings. The number of carbonyl (C=O) groups is 2. The fraction of sp³-hybridized carbons (Fsp3) is 0.385. The molecule has 1 heterocycles. The van der Waals surface area contributed by atoms with Crippen LogP contribution in [0.25, 0.3) is 0 Å². The van der Waals surface area contributed by atoms with Crippen LogP contribution in [-0.2, 0) is 9.53 Å². The van der Waals surface area contributed by atoms with Gasteiger partial charge in [0.15, 0.2) is 11.5 Å². The molecule has 0 aromatic carbocycles. The molecule has 0 bridgehead atoms. The number of esters is 1. The molecule has 0 N–H and O–H groups in total. The zero-order valence-electron chi connectivity index (χ0n) is 9.85. The first kappa shape index (κ1) is 13.2. The third-order valence-electron chi connectivity index (χ3n) is 2.24. The van der Waals surface area contributed by atoms with Crippen LogP contribution in [0.5, 0.6) is 0 Å². The average molecular weight is 236 g/mol. The highest BCUT2D eigenvalue weighted by Crippen LogP contribution is 2.06. The normalized spacial score (nSPS) is 10.6. The molecule has 0 saturated carbocycles. The summed E-state index contributed by atoms with van der Waals surface area (Å²) in [4.78, 5) is 22.3. The van der Waals surface area contributed by atoms with Crippen LogP contribution in [0.2, 0.25) is 0 Å². The lowest BCUT2D eigenvalue weighted by Gasteiger charge is -1.95. The fourth-order valence-corrected chi connectivity index (χ4v) is 1.31. The average Bonchev–Trinajstić information content (AvgIpc) is 2.86. The first-order valence-corrected chi connectivity index (χ1v) is 5.52. The molecule has 0 atom stereocenters. The Morgan fingerprint density at radius 2 is 2.00 bits per heavy atom. The van der Waals surface area contributed by atoms with Gasteiger partial charge in [0.2, 0.25) is 0 Å². The van der Waals surface area contributed by atoms with Gasteiger partial charge < -0.3 is 9.15 Å². The smallest absolute Gasteiger partial charge is 0.305 e. The van der Waals surface area contributed by atoms with Gasteiger partial charge in [-0.3, -0.25) is 9.59 Å². The molecule has 0 unspecified atom stereocenters. The molecule has 1 rings (SSSR count). The molecular formula is C13H16O4. The molecule has 1 aromatic rings. The monoisotopic (exact) mass is 236 g/mol. The molecule has 0 spiro atoms. The number of Topliss-reactive ketones (excluding diaryl/α,β-unsaturated/α-hetero) is 1. The van der Waals surface area contributed by atoms with E-state index in [0.29, 0.717) is 31.4 Å². The van der Waals surface area contributed by atoms with E-state index in [-0.39, 0.29) is 11.8 Å². The van der Waals surface area contributed by atoms with Crippen LogP contribution in [0.3, 0.4) is 0 Å². The maximum absolute atomic E-state index is 11.5. The number of ketones is 1. The van der Waals surface area contributed by atoms with Crippen molar-refractivity contribution in [1.29, 1.82) is 0 Å². The van der Waals surface area contributed by atoms with Crippen LogP contribution in [-0.4, -0.2) is 18.9 Å². The van der Waals surface area contributed by atoms with Gasteiger partial charge in [-0.15, -0.1) is 0 Å². The second-order valence-corrected chi connectivity index (χ2v) is 3.53. The van der Waals surface area contributed by atoms with Gasteiger partial charge in [-0.1, -0.05) is 12.2 Å². The lowest BCUT2D eigenvalue weighted by atomic mass is 10.1. The summed E-state index contributed by atoms with van der Waals surface area (Å²) in [6, 6.07) is 3.35. The molecule has 4 heteroatoms. The fourth-order valence-electron chi connectivity index (χ4n) is 1.31. The van der Waals surface area contributed by atoms with Gasteiger partial charge in [0.25, 0.3) is 0 Å². The van der Waals surface area contributed by atoms with Crippen LogP contribution in [0, 0.1) is 0 Å². The summed E-state index contributed by atoms with van der Waals surface area (Å²) < 4.78 is 9.49. The molecule has 0 aliphatic carbocycles. The van der Waals surface area contributed by atoms with Crippen LogP contribution >= 0.6 is 0 Å². The minimum Gasteiger partial charge on any atom is -0.469 e. The quantitative estimate of drug-likeness (QED) is 0.415. The Morgan fingerprint density at radius 1 is 1.29 bits per heavy atom. The van der Waals surface area contributed by atoms with E-state index in [1.165, 1.54) is 13.4 Å². The number of hydrogen-bond acceptors (Lipinski definition) is 4. The van der Waals surface area contributed by atoms with Gasteiger partial charge >= 0.3 is 5.97 Å². The maximum Gasteiger partial charge on any atom is 0.305 e. The Morgan fingerprint density at radius 3 is 2.59 bits per heavy atom. The highest BCUT2D eigenvalue weighted by atomic mass is 16.5. The van der Waals surface area contributed by atoms with Crippen molar-refractivity contribution < 1.29 is 18.7 Å². The maximum atomic E-state index is 11.5. The topological polar surface area (TPSA) is 56.5 Å². The standard InChI is InChI=1S/C13H16O4/c1-16-13(15)9-5-3-2-4-7-11(14)12-8-6-10-17-12/h2-3,6,8,10H,4-5,7,9H2,1H3/b3-2-. The zero-order chi connectivity index (χ0) is 12.5. The first-order chi connectivity index (χ1) is 8.24. The van der Waals surface area contributed by atoms with Gasteiger partial charge in [-0.2, -0.15) is 0 Å². The summed E-state index contributed by atoms with van der Waals surface area (Å²) in [6.45, 7) is 0. The number of allylic oxidation sites excluding steroid dienone is 2. The SMILES string of the molecule is COC(=O)CC/C=C\CCC(=O)c1ccco1. The number of hydrogen-bond donors (Lipinski definition) is 0. The Hall–Kier alpha value is -1.84. The summed E-state index contributed by atoms with van der Waals surface area (Å²) >= 11 is 0. The lowest BCUT2D eigenvalue weighted by molar-refractivity contribution is -0.140. The van der Waals surface area contributed by atoms with Gasteiger partial charge in [-0.05, 0) is 25.0 Å². The second kappa shape index (κ2) is 7.44. The van der Waals surface area contributed by atoms with Crippen molar-refractivity contribution in [1.82, 2.24) is 0 Å². The molecule has 17 heavy (non-hydrogen) atoms. The third kappa shape index (κ3) is 5.15. The van der Waals surface area contributed by atoms with Gasteiger partial charge in [-0.25, -0.2) is 0 Å². The van der Waals surface area contributed by atoms with E-state index in [1.807, 2.05) is 12.2 Å². The van der Waals surface area contributed by atoms with Crippen molar-refractivity contribution in [2.75, 3.05) is 7.11 Å². The molecule has 0 fully saturated rings. The summed E-state index contributed by atoms with van der Waals surface area (Å²) in [5.41, 5.74) is 0. The van der Waals surface area contributed by atoms with Gasteiger partial charge in [0, 0.05) is 12.8 Å². The summed E-state index contributed by atoms with van der Waals surface area (Å²) in [7, 11) is 1.37. The van der Waals surface area contributed by atoms with Crippen LogP contribution in [0.15, 0.2) is 35.0 Å². The van der Waals surface area contributed by atoms with E-state index < -0.39 is 0 Å². The minimum absolute atomic E-state index is 0.00684. The van der Waals surface area contributed by atoms with E-state index >= 15 is 0 Å². The highest BCUT2D eigenvalue weighted by Gasteiger charge is 2.06. The molecule has 0 radical (unpaired) electrons. The van der Waals surface area contributed by atoms with E-state index in [1.54, 1.807) is 12.1 Å². The Bertz CT molecular complexity index is 376. The number of carbonyl (C=O) groups excluding carboxylic acids is 2. The Kier molecular flexibility index (Phi) is 5.79. The molecule has 0 saturated heterocycles. The molecule has 1 aromatic heterocycles. The van der Waals surface area contributed by atoms with E-state index in [0.717, 1.165) is 0 Å². The number of ether oxygens (including phenoxy) is 1. The van der Waals surface area contributed by atoms with Gasteiger partial charge in [0.1, 0.15) is 0 Å². The zero-order valence-corrected chi connectivity index (χ0v) is 9.85. The number of methoxy groups -OCH3 is 1. The van der Waals surface area contributed by atoms with E-state index in [4.69, 9.17) is 4.42 Å². The van der Waals surface area contributed by atoms with E-state index in [9.17, 15) is 9.59 Å². The van der Waals surface area contributed by atoms with Crippen LogP contribution in [0.4, 0.5) is 0 Å². The van der Waals surface area contributed by atoms with Crippen molar-refractivity contribution in [3.05, 3.63) is 36.3 Å². The Balaban J connectivity index is 2.13. The van der Waals surface area contributed by atoms with Crippen LogP contribution in [0.1, 0.15) is 36.2 Å². The predicted molar refractivity (Wildman–Crippen MR) is 62.7 cm³/mol. The summed E-state index contributed by atoms with van der Waals surface area (Å²) in [5.74, 6) is 0.168. The van der Waals surface area contributed by atoms with Crippen LogP contribution < -0.4 is 0 Å². The van der Waals surface area contributed by atoms with Crippen molar-refractivity contribution in [2.24, 2.45) is 0 Å². The minimum atomic E-state index is -0.221. The summed E-state index contributed by atoms with van der Waals surface area (Å²) in [6.07, 6.45) is 7.35. The van der Waals surface area contributed by atoms with Crippen molar-refractivity contribution >= 4 is 11.8 Å². The van der Waals surface area contributed by atoms with Crippen molar-refractivity contribution in [3.8, 4) is 0 Å². The molecule has 4 nitrogen and oxygen atoms in total. The van der Waals surface area contributed by atoms with Crippen molar-refractivity contribution in [2.45, 2.75) is 25.7 Å². The van der Waals surface area contributed by atoms with Gasteiger partial charge in [0.05, 0.1) is 13.4 Å². The molecule has 0 aliphatic heterocycles. The predicted octanol–water partition coefficient (Wildman–Crippen LogP) is 2.75. The molecule has 92 valence electrons. The highest BCUT2D eigenvalue weighted by molar-refractivity contribution is 5.93. The first-order valence-electron chi connectivity index (χ1n) is 5.52. The summed E-state index contributed by atoms with van der Waals surface area (Å²) in [5, 5.41) is 0. The Labute approximate surface area is 100 Å². The number of rotatable bonds is 7. The van der Waals surface area contributed by atoms with E-state index in [2.05, 4.69) is 4.74 Å². The molecular weight excluding hydrogens is 220 g/mol. The second-order valence-electron chi connectivity index (χ2n) is 3.53. The molecule has 0 amide bonds. The van der Waals surface area contributed by atoms with Crippen molar-refractivity contribution in [3.63, 3.8) is 0 Å². The third-order valence-corrected chi connectivity index (χ3v) is 2.24. The lowest BCUT2D eigenvalue weighted by Crippen LogP contribution is -1.98. The largest absolute Gasteiger partial charge is 0.469 e.